The summed E-state index contributed by atoms with van der Waals surface area (Å²) in [6, 6.07) is 20.5. The average Bonchev–Trinajstić information content (AvgIpc) is 2.92. The van der Waals surface area contributed by atoms with Crippen molar-refractivity contribution >= 4 is 17.5 Å². The molecule has 37 heavy (non-hydrogen) atoms. The summed E-state index contributed by atoms with van der Waals surface area (Å²) in [4.78, 5) is 13.0. The van der Waals surface area contributed by atoms with Crippen LogP contribution in [0.1, 0.15) is 54.1 Å². The monoisotopic (exact) mass is 503 g/mol. The van der Waals surface area contributed by atoms with Crippen LogP contribution in [0, 0.1) is 5.41 Å². The number of nitrogen functional groups attached to an aromatic ring is 1. The van der Waals surface area contributed by atoms with E-state index in [-0.39, 0.29) is 5.84 Å². The van der Waals surface area contributed by atoms with Crippen LogP contribution in [0.15, 0.2) is 66.7 Å². The summed E-state index contributed by atoms with van der Waals surface area (Å²) in [5, 5.41) is 10.9. The summed E-state index contributed by atoms with van der Waals surface area (Å²) in [5.74, 6) is 0.253. The van der Waals surface area contributed by atoms with Crippen molar-refractivity contribution in [3.05, 3.63) is 94.5 Å². The maximum Gasteiger partial charge on any atom is 0.333 e. The molecule has 0 aliphatic rings. The molecule has 0 bridgehead atoms. The molecule has 0 amide bonds. The van der Waals surface area contributed by atoms with Crippen LogP contribution in [-0.4, -0.2) is 32.1 Å². The number of carbonyl (C=O) groups is 1. The van der Waals surface area contributed by atoms with Crippen LogP contribution in [0.25, 0.3) is 0 Å². The number of hydrogen-bond acceptors (Lipinski definition) is 6. The van der Waals surface area contributed by atoms with Crippen LogP contribution in [0.3, 0.4) is 0 Å². The van der Waals surface area contributed by atoms with Crippen LogP contribution in [0.4, 0.5) is 5.69 Å². The molecule has 3 aromatic carbocycles. The Labute approximate surface area is 219 Å². The first-order chi connectivity index (χ1) is 18.0. The van der Waals surface area contributed by atoms with Gasteiger partial charge in [0.05, 0.1) is 20.3 Å². The number of ether oxygens (including phenoxy) is 3. The lowest BCUT2D eigenvalue weighted by Gasteiger charge is -2.24. The number of rotatable bonds is 14. The fourth-order valence-corrected chi connectivity index (χ4v) is 4.09. The average molecular weight is 504 g/mol. The lowest BCUT2D eigenvalue weighted by atomic mass is 9.95. The minimum absolute atomic E-state index is 0.0129. The SMILES string of the molecule is CCCc1cc(CC)cc(C(Nc2ccc(C(=N)N)cc2)C(=O)OC)c1OCCOCc1ccccc1. The van der Waals surface area contributed by atoms with Gasteiger partial charge in [-0.2, -0.15) is 0 Å². The van der Waals surface area contributed by atoms with Gasteiger partial charge in [-0.3, -0.25) is 5.41 Å². The van der Waals surface area contributed by atoms with Gasteiger partial charge >= 0.3 is 5.97 Å². The highest BCUT2D eigenvalue weighted by atomic mass is 16.5. The van der Waals surface area contributed by atoms with Crippen LogP contribution < -0.4 is 15.8 Å². The van der Waals surface area contributed by atoms with Gasteiger partial charge in [-0.15, -0.1) is 0 Å². The number of hydrogen-bond donors (Lipinski definition) is 3. The second-order valence-corrected chi connectivity index (χ2v) is 8.76. The topological polar surface area (TPSA) is 107 Å². The predicted molar refractivity (Wildman–Crippen MR) is 147 cm³/mol. The van der Waals surface area contributed by atoms with E-state index in [1.165, 1.54) is 7.11 Å². The molecule has 3 aromatic rings. The number of methoxy groups -OCH3 is 1. The van der Waals surface area contributed by atoms with Crippen molar-refractivity contribution in [1.82, 2.24) is 0 Å². The second kappa shape index (κ2) is 14.0. The largest absolute Gasteiger partial charge is 0.491 e. The summed E-state index contributed by atoms with van der Waals surface area (Å²) in [6.07, 6.45) is 2.59. The van der Waals surface area contributed by atoms with Crippen molar-refractivity contribution < 1.29 is 19.0 Å². The molecule has 0 aliphatic heterocycles. The van der Waals surface area contributed by atoms with Crippen molar-refractivity contribution in [3.63, 3.8) is 0 Å². The van der Waals surface area contributed by atoms with Crippen molar-refractivity contribution in [3.8, 4) is 5.75 Å². The van der Waals surface area contributed by atoms with Crippen LogP contribution in [-0.2, 0) is 33.7 Å². The van der Waals surface area contributed by atoms with E-state index >= 15 is 0 Å². The Hall–Kier alpha value is -3.84. The Bertz CT molecular complexity index is 1160. The number of carbonyl (C=O) groups excluding carboxylic acids is 1. The molecule has 3 rings (SSSR count). The van der Waals surface area contributed by atoms with Gasteiger partial charge in [0.15, 0.2) is 6.04 Å². The fraction of sp³-hybridized carbons (Fsp3) is 0.333. The number of aryl methyl sites for hydroxylation is 2. The molecule has 4 N–H and O–H groups in total. The number of esters is 1. The molecule has 7 heteroatoms. The zero-order valence-electron chi connectivity index (χ0n) is 21.9. The summed E-state index contributed by atoms with van der Waals surface area (Å²) in [5.41, 5.74) is 10.9. The maximum atomic E-state index is 13.0. The van der Waals surface area contributed by atoms with Gasteiger partial charge in [0.2, 0.25) is 0 Å². The highest BCUT2D eigenvalue weighted by Crippen LogP contribution is 2.35. The lowest BCUT2D eigenvalue weighted by Crippen LogP contribution is -2.24. The number of nitrogens with two attached hydrogens (primary N) is 1. The zero-order chi connectivity index (χ0) is 26.6. The number of benzene rings is 3. The van der Waals surface area contributed by atoms with Gasteiger partial charge in [0.25, 0.3) is 0 Å². The van der Waals surface area contributed by atoms with Gasteiger partial charge in [-0.05, 0) is 59.9 Å². The van der Waals surface area contributed by atoms with E-state index < -0.39 is 12.0 Å². The molecule has 0 aliphatic carbocycles. The van der Waals surface area contributed by atoms with Crippen LogP contribution >= 0.6 is 0 Å². The van der Waals surface area contributed by atoms with Crippen LogP contribution in [0.5, 0.6) is 5.75 Å². The van der Waals surface area contributed by atoms with Crippen molar-refractivity contribution in [2.24, 2.45) is 5.73 Å². The first kappa shape index (κ1) is 27.7. The highest BCUT2D eigenvalue weighted by Gasteiger charge is 2.27. The zero-order valence-corrected chi connectivity index (χ0v) is 21.9. The first-order valence-corrected chi connectivity index (χ1v) is 12.7. The Balaban J connectivity index is 1.87. The van der Waals surface area contributed by atoms with E-state index in [0.717, 1.165) is 41.5 Å². The smallest absolute Gasteiger partial charge is 0.333 e. The molecule has 0 fully saturated rings. The Kier molecular flexibility index (Phi) is 10.5. The summed E-state index contributed by atoms with van der Waals surface area (Å²) < 4.78 is 17.3. The molecule has 1 unspecified atom stereocenters. The van der Waals surface area contributed by atoms with E-state index in [4.69, 9.17) is 25.4 Å². The molecular formula is C30H37N3O4. The Morgan fingerprint density at radius 1 is 1.00 bits per heavy atom. The normalized spacial score (nSPS) is 11.5. The quantitative estimate of drug-likeness (QED) is 0.118. The number of amidine groups is 1. The summed E-state index contributed by atoms with van der Waals surface area (Å²) >= 11 is 0. The third-order valence-electron chi connectivity index (χ3n) is 6.02. The van der Waals surface area contributed by atoms with E-state index in [1.54, 1.807) is 24.3 Å². The van der Waals surface area contributed by atoms with Crippen LogP contribution in [0.2, 0.25) is 0 Å². The third-order valence-corrected chi connectivity index (χ3v) is 6.02. The van der Waals surface area contributed by atoms with E-state index in [1.807, 2.05) is 36.4 Å². The van der Waals surface area contributed by atoms with Gasteiger partial charge in [0, 0.05) is 16.8 Å². The van der Waals surface area contributed by atoms with Crippen molar-refractivity contribution in [1.29, 1.82) is 5.41 Å². The molecule has 0 heterocycles. The third kappa shape index (κ3) is 7.82. The fourth-order valence-electron chi connectivity index (χ4n) is 4.09. The summed E-state index contributed by atoms with van der Waals surface area (Å²) in [6.45, 7) is 5.49. The molecule has 0 saturated heterocycles. The molecule has 0 spiro atoms. The predicted octanol–water partition coefficient (Wildman–Crippen LogP) is 5.41. The van der Waals surface area contributed by atoms with E-state index in [2.05, 4.69) is 25.2 Å². The lowest BCUT2D eigenvalue weighted by molar-refractivity contribution is -0.141. The Morgan fingerprint density at radius 3 is 2.35 bits per heavy atom. The van der Waals surface area contributed by atoms with Crippen molar-refractivity contribution in [2.75, 3.05) is 25.6 Å². The standard InChI is InChI=1S/C30H37N3O4/c1-4-9-24-18-21(5-2)19-26(28(24)37-17-16-36-20-22-10-7-6-8-11-22)27(30(34)35-3)33-25-14-12-23(13-15-25)29(31)32/h6-8,10-15,18-19,27,33H,4-5,9,16-17,20H2,1-3H3,(H3,31,32). The Morgan fingerprint density at radius 2 is 1.73 bits per heavy atom. The molecule has 0 saturated carbocycles. The molecule has 7 nitrogen and oxygen atoms in total. The summed E-state index contributed by atoms with van der Waals surface area (Å²) in [7, 11) is 1.38. The number of anilines is 1. The molecule has 1 atom stereocenters. The number of nitrogens with one attached hydrogen (secondary N) is 2. The molecule has 196 valence electrons. The van der Waals surface area contributed by atoms with Gasteiger partial charge in [-0.1, -0.05) is 56.7 Å². The first-order valence-electron chi connectivity index (χ1n) is 12.7. The van der Waals surface area contributed by atoms with Gasteiger partial charge in [0.1, 0.15) is 18.2 Å². The molecular weight excluding hydrogens is 466 g/mol. The molecule has 0 radical (unpaired) electrons. The second-order valence-electron chi connectivity index (χ2n) is 8.76. The highest BCUT2D eigenvalue weighted by molar-refractivity contribution is 5.95. The molecule has 0 aromatic heterocycles. The maximum absolute atomic E-state index is 13.0. The minimum atomic E-state index is -0.782. The van der Waals surface area contributed by atoms with Gasteiger partial charge in [-0.25, -0.2) is 4.79 Å². The minimum Gasteiger partial charge on any atom is -0.491 e. The van der Waals surface area contributed by atoms with E-state index in [9.17, 15) is 4.79 Å². The van der Waals surface area contributed by atoms with Gasteiger partial charge < -0.3 is 25.3 Å². The van der Waals surface area contributed by atoms with Crippen molar-refractivity contribution in [2.45, 2.75) is 45.8 Å². The van der Waals surface area contributed by atoms with E-state index in [0.29, 0.717) is 36.8 Å².